The van der Waals surface area contributed by atoms with Gasteiger partial charge in [-0.3, -0.25) is 9.88 Å². The maximum atomic E-state index is 14.7. The summed E-state index contributed by atoms with van der Waals surface area (Å²) < 4.78 is 14.7. The minimum absolute atomic E-state index is 0.154. The quantitative estimate of drug-likeness (QED) is 0.680. The number of rotatable bonds is 3. The smallest absolute Gasteiger partial charge is 0.128 e. The van der Waals surface area contributed by atoms with Crippen molar-refractivity contribution >= 4 is 22.5 Å². The van der Waals surface area contributed by atoms with Crippen LogP contribution in [0, 0.1) is 5.82 Å². The molecular weight excluding hydrogens is 349 g/mol. The van der Waals surface area contributed by atoms with Crippen LogP contribution in [0.25, 0.3) is 22.0 Å². The average Bonchev–Trinajstić information content (AvgIpc) is 2.65. The molecule has 3 nitrogen and oxygen atoms in total. The van der Waals surface area contributed by atoms with Crippen LogP contribution in [-0.2, 0) is 6.54 Å². The van der Waals surface area contributed by atoms with Gasteiger partial charge in [-0.05, 0) is 42.4 Å². The molecule has 0 spiro atoms. The molecule has 0 atom stereocenters. The Balaban J connectivity index is 1.58. The highest BCUT2D eigenvalue weighted by molar-refractivity contribution is 6.35. The molecule has 2 aromatic carbocycles. The van der Waals surface area contributed by atoms with Crippen LogP contribution in [0.2, 0.25) is 5.02 Å². The number of likely N-dealkylation sites (N-methyl/N-ethyl adjacent to an activating group) is 1. The highest BCUT2D eigenvalue weighted by Crippen LogP contribution is 2.29. The molecule has 1 aliphatic heterocycles. The van der Waals surface area contributed by atoms with Crippen LogP contribution in [0.15, 0.2) is 48.7 Å². The van der Waals surface area contributed by atoms with Gasteiger partial charge in [-0.15, -0.1) is 0 Å². The lowest BCUT2D eigenvalue weighted by Crippen LogP contribution is -2.44. The van der Waals surface area contributed by atoms with Gasteiger partial charge in [-0.1, -0.05) is 29.8 Å². The fourth-order valence-electron chi connectivity index (χ4n) is 3.39. The Morgan fingerprint density at radius 2 is 1.73 bits per heavy atom. The third kappa shape index (κ3) is 3.58. The number of hydrogen-bond donors (Lipinski definition) is 0. The lowest BCUT2D eigenvalue weighted by atomic mass is 10.0. The second-order valence-electron chi connectivity index (χ2n) is 6.91. The van der Waals surface area contributed by atoms with E-state index in [-0.39, 0.29) is 5.82 Å². The van der Waals surface area contributed by atoms with Crippen molar-refractivity contribution in [3.63, 3.8) is 0 Å². The first-order valence-corrected chi connectivity index (χ1v) is 9.22. The van der Waals surface area contributed by atoms with Crippen LogP contribution < -0.4 is 0 Å². The number of halogens is 2. The van der Waals surface area contributed by atoms with E-state index in [1.165, 1.54) is 0 Å². The van der Waals surface area contributed by atoms with Crippen LogP contribution in [0.1, 0.15) is 5.56 Å². The van der Waals surface area contributed by atoms with E-state index >= 15 is 0 Å². The van der Waals surface area contributed by atoms with Crippen molar-refractivity contribution in [1.82, 2.24) is 14.8 Å². The molecule has 0 radical (unpaired) electrons. The van der Waals surface area contributed by atoms with Gasteiger partial charge < -0.3 is 4.90 Å². The fourth-order valence-corrected chi connectivity index (χ4v) is 3.60. The van der Waals surface area contributed by atoms with Crippen LogP contribution >= 0.6 is 11.6 Å². The molecule has 1 fully saturated rings. The van der Waals surface area contributed by atoms with Crippen LogP contribution in [0.3, 0.4) is 0 Å². The Morgan fingerprint density at radius 3 is 2.50 bits per heavy atom. The van der Waals surface area contributed by atoms with Gasteiger partial charge in [0.1, 0.15) is 5.82 Å². The molecule has 0 bridgehead atoms. The number of aromatic nitrogens is 1. The van der Waals surface area contributed by atoms with E-state index in [1.54, 1.807) is 18.3 Å². The second kappa shape index (κ2) is 7.31. The predicted molar refractivity (Wildman–Crippen MR) is 105 cm³/mol. The average molecular weight is 370 g/mol. The van der Waals surface area contributed by atoms with Crippen LogP contribution in [-0.4, -0.2) is 48.0 Å². The minimum Gasteiger partial charge on any atom is -0.304 e. The van der Waals surface area contributed by atoms with E-state index in [0.29, 0.717) is 11.6 Å². The molecule has 1 aromatic heterocycles. The number of fused-ring (bicyclic) bond motifs is 1. The van der Waals surface area contributed by atoms with E-state index in [9.17, 15) is 4.39 Å². The van der Waals surface area contributed by atoms with E-state index in [1.807, 2.05) is 30.3 Å². The zero-order valence-corrected chi connectivity index (χ0v) is 15.5. The fraction of sp³-hybridized carbons (Fsp3) is 0.286. The maximum absolute atomic E-state index is 14.7. The van der Waals surface area contributed by atoms with Gasteiger partial charge in [0.25, 0.3) is 0 Å². The summed E-state index contributed by atoms with van der Waals surface area (Å²) in [6.07, 6.45) is 1.69. The van der Waals surface area contributed by atoms with Gasteiger partial charge in [0.05, 0.1) is 10.5 Å². The van der Waals surface area contributed by atoms with Gasteiger partial charge in [-0.25, -0.2) is 4.39 Å². The highest BCUT2D eigenvalue weighted by Gasteiger charge is 2.16. The third-order valence-corrected chi connectivity index (χ3v) is 5.39. The molecule has 26 heavy (non-hydrogen) atoms. The normalized spacial score (nSPS) is 16.3. The Labute approximate surface area is 158 Å². The van der Waals surface area contributed by atoms with Crippen LogP contribution in [0.5, 0.6) is 0 Å². The van der Waals surface area contributed by atoms with Gasteiger partial charge >= 0.3 is 0 Å². The molecule has 3 aromatic rings. The number of hydrogen-bond acceptors (Lipinski definition) is 3. The molecule has 5 heteroatoms. The van der Waals surface area contributed by atoms with Gasteiger partial charge in [0, 0.05) is 49.9 Å². The summed E-state index contributed by atoms with van der Waals surface area (Å²) in [6, 6.07) is 13.1. The molecule has 2 heterocycles. The molecule has 0 N–H and O–H groups in total. The molecule has 0 amide bonds. The van der Waals surface area contributed by atoms with Crippen molar-refractivity contribution in [3.8, 4) is 11.1 Å². The summed E-state index contributed by atoms with van der Waals surface area (Å²) in [5.41, 5.74) is 3.39. The first-order valence-electron chi connectivity index (χ1n) is 8.84. The minimum atomic E-state index is -0.154. The standard InChI is InChI=1S/C21H21ClFN3/c1-25-8-10-26(11-9-25)14-17-3-2-16(13-20(17)23)15-4-5-21-18(12-15)19(22)6-7-24-21/h2-7,12-13H,8-11,14H2,1H3. The zero-order chi connectivity index (χ0) is 18.1. The number of benzene rings is 2. The first-order chi connectivity index (χ1) is 12.6. The summed E-state index contributed by atoms with van der Waals surface area (Å²) in [6.45, 7) is 4.69. The van der Waals surface area contributed by atoms with Crippen molar-refractivity contribution in [2.45, 2.75) is 6.54 Å². The Kier molecular flexibility index (Phi) is 4.90. The van der Waals surface area contributed by atoms with E-state index < -0.39 is 0 Å². The molecular formula is C21H21ClFN3. The number of pyridine rings is 1. The largest absolute Gasteiger partial charge is 0.304 e. The molecule has 134 valence electrons. The Hall–Kier alpha value is -2.01. The lowest BCUT2D eigenvalue weighted by Gasteiger charge is -2.32. The lowest BCUT2D eigenvalue weighted by molar-refractivity contribution is 0.147. The molecule has 4 rings (SSSR count). The first kappa shape index (κ1) is 17.4. The molecule has 0 saturated carbocycles. The molecule has 0 unspecified atom stereocenters. The van der Waals surface area contributed by atoms with Crippen molar-refractivity contribution in [3.05, 3.63) is 65.1 Å². The van der Waals surface area contributed by atoms with E-state index in [0.717, 1.165) is 53.8 Å². The summed E-state index contributed by atoms with van der Waals surface area (Å²) in [7, 11) is 2.12. The van der Waals surface area contributed by atoms with Gasteiger partial charge in [0.2, 0.25) is 0 Å². The number of piperazine rings is 1. The molecule has 0 aliphatic carbocycles. The van der Waals surface area contributed by atoms with E-state index in [2.05, 4.69) is 21.8 Å². The summed E-state index contributed by atoms with van der Waals surface area (Å²) >= 11 is 6.27. The van der Waals surface area contributed by atoms with Crippen molar-refractivity contribution in [2.75, 3.05) is 33.2 Å². The Bertz CT molecular complexity index is 936. The topological polar surface area (TPSA) is 19.4 Å². The predicted octanol–water partition coefficient (Wildman–Crippen LogP) is 4.44. The monoisotopic (exact) mass is 369 g/mol. The van der Waals surface area contributed by atoms with Crippen molar-refractivity contribution in [1.29, 1.82) is 0 Å². The number of nitrogens with zero attached hydrogens (tertiary/aromatic N) is 3. The van der Waals surface area contributed by atoms with Gasteiger partial charge in [0.15, 0.2) is 0 Å². The second-order valence-corrected chi connectivity index (χ2v) is 7.32. The SMILES string of the molecule is CN1CCN(Cc2ccc(-c3ccc4nccc(Cl)c4c3)cc2F)CC1. The molecule has 1 aliphatic rings. The zero-order valence-electron chi connectivity index (χ0n) is 14.8. The maximum Gasteiger partial charge on any atom is 0.128 e. The van der Waals surface area contributed by atoms with Gasteiger partial charge in [-0.2, -0.15) is 0 Å². The van der Waals surface area contributed by atoms with Crippen molar-refractivity contribution in [2.24, 2.45) is 0 Å². The van der Waals surface area contributed by atoms with Crippen molar-refractivity contribution < 1.29 is 4.39 Å². The summed E-state index contributed by atoms with van der Waals surface area (Å²) in [5, 5.41) is 1.54. The van der Waals surface area contributed by atoms with Crippen LogP contribution in [0.4, 0.5) is 4.39 Å². The summed E-state index contributed by atoms with van der Waals surface area (Å²) in [4.78, 5) is 8.92. The third-order valence-electron chi connectivity index (χ3n) is 5.06. The molecule has 1 saturated heterocycles. The highest BCUT2D eigenvalue weighted by atomic mass is 35.5. The summed E-state index contributed by atoms with van der Waals surface area (Å²) in [5.74, 6) is -0.154. The van der Waals surface area contributed by atoms with E-state index in [4.69, 9.17) is 11.6 Å². The Morgan fingerprint density at radius 1 is 1.00 bits per heavy atom.